The highest BCUT2D eigenvalue weighted by Gasteiger charge is 2.34. The van der Waals surface area contributed by atoms with E-state index in [0.29, 0.717) is 23.0 Å². The predicted molar refractivity (Wildman–Crippen MR) is 82.9 cm³/mol. The molecule has 1 heterocycles. The minimum Gasteiger partial charge on any atom is -0.343 e. The molecule has 6 heteroatoms. The van der Waals surface area contributed by atoms with E-state index < -0.39 is 6.04 Å². The molecule has 4 nitrogen and oxygen atoms in total. The molecule has 0 aliphatic carbocycles. The van der Waals surface area contributed by atoms with Crippen molar-refractivity contribution < 1.29 is 9.59 Å². The van der Waals surface area contributed by atoms with Gasteiger partial charge in [0.15, 0.2) is 0 Å². The molecule has 1 aliphatic heterocycles. The van der Waals surface area contributed by atoms with Gasteiger partial charge < -0.3 is 5.32 Å². The van der Waals surface area contributed by atoms with Gasteiger partial charge in [0.25, 0.3) is 0 Å². The first-order chi connectivity index (χ1) is 9.38. The van der Waals surface area contributed by atoms with Crippen LogP contribution in [-0.4, -0.2) is 24.4 Å². The summed E-state index contributed by atoms with van der Waals surface area (Å²) in [5.74, 6) is 0.0568. The Morgan fingerprint density at radius 3 is 2.75 bits per heavy atom. The van der Waals surface area contributed by atoms with Gasteiger partial charge in [-0.2, -0.15) is 0 Å². The van der Waals surface area contributed by atoms with Crippen LogP contribution in [0.3, 0.4) is 0 Å². The van der Waals surface area contributed by atoms with Crippen molar-refractivity contribution in [1.82, 2.24) is 5.32 Å². The topological polar surface area (TPSA) is 49.4 Å². The minimum absolute atomic E-state index is 0.00871. The first-order valence-electron chi connectivity index (χ1n) is 6.44. The van der Waals surface area contributed by atoms with E-state index in [1.165, 1.54) is 4.90 Å². The normalized spacial score (nSPS) is 19.4. The molecule has 0 bridgehead atoms. The predicted octanol–water partition coefficient (Wildman–Crippen LogP) is 2.98. The van der Waals surface area contributed by atoms with E-state index in [2.05, 4.69) is 21.2 Å². The van der Waals surface area contributed by atoms with Crippen LogP contribution < -0.4 is 10.2 Å². The molecule has 1 atom stereocenters. The molecule has 0 radical (unpaired) electrons. The summed E-state index contributed by atoms with van der Waals surface area (Å²) in [5.41, 5.74) is 0.573. The highest BCUT2D eigenvalue weighted by molar-refractivity contribution is 9.10. The Hall–Kier alpha value is -1.07. The number of hydrogen-bond acceptors (Lipinski definition) is 2. The molecule has 1 aliphatic rings. The summed E-state index contributed by atoms with van der Waals surface area (Å²) in [6.45, 7) is 4.05. The number of carbonyl (C=O) groups excluding carboxylic acids is 2. The summed E-state index contributed by atoms with van der Waals surface area (Å²) in [4.78, 5) is 25.7. The molecule has 0 saturated carbocycles. The summed E-state index contributed by atoms with van der Waals surface area (Å²) in [7, 11) is 0. The van der Waals surface area contributed by atoms with Crippen LogP contribution in [0.4, 0.5) is 5.69 Å². The van der Waals surface area contributed by atoms with Crippen LogP contribution in [0.5, 0.6) is 0 Å². The molecule has 20 heavy (non-hydrogen) atoms. The van der Waals surface area contributed by atoms with Gasteiger partial charge in [-0.3, -0.25) is 14.5 Å². The van der Waals surface area contributed by atoms with Crippen molar-refractivity contribution in [2.75, 3.05) is 11.4 Å². The van der Waals surface area contributed by atoms with Crippen LogP contribution in [0, 0.1) is 5.92 Å². The number of amides is 2. The number of hydrogen-bond donors (Lipinski definition) is 1. The Labute approximate surface area is 131 Å². The zero-order valence-corrected chi connectivity index (χ0v) is 13.7. The summed E-state index contributed by atoms with van der Waals surface area (Å²) in [6, 6.07) is 4.79. The lowest BCUT2D eigenvalue weighted by Crippen LogP contribution is -2.58. The lowest BCUT2D eigenvalue weighted by atomic mass is 10.0. The fraction of sp³-hybridized carbons (Fsp3) is 0.429. The average molecular weight is 360 g/mol. The summed E-state index contributed by atoms with van der Waals surface area (Å²) in [5, 5.41) is 3.20. The Bertz CT molecular complexity index is 548. The number of piperazine rings is 1. The third kappa shape index (κ3) is 3.33. The van der Waals surface area contributed by atoms with Crippen LogP contribution in [0.2, 0.25) is 5.02 Å². The summed E-state index contributed by atoms with van der Waals surface area (Å²) < 4.78 is 0.832. The van der Waals surface area contributed by atoms with Gasteiger partial charge in [0.1, 0.15) is 12.6 Å². The second-order valence-corrected chi connectivity index (χ2v) is 6.59. The molecule has 0 aromatic heterocycles. The average Bonchev–Trinajstić information content (AvgIpc) is 2.33. The standard InChI is InChI=1S/C14H16BrClN2O2/c1-8(2)5-11-14(20)18(7-13(19)17-11)12-4-3-9(15)6-10(12)16/h3-4,6,8,11H,5,7H2,1-2H3,(H,17,19). The Morgan fingerprint density at radius 2 is 2.15 bits per heavy atom. The highest BCUT2D eigenvalue weighted by Crippen LogP contribution is 2.30. The first-order valence-corrected chi connectivity index (χ1v) is 7.61. The Kier molecular flexibility index (Phi) is 4.70. The Balaban J connectivity index is 2.30. The van der Waals surface area contributed by atoms with E-state index in [-0.39, 0.29) is 18.4 Å². The SMILES string of the molecule is CC(C)CC1NC(=O)CN(c2ccc(Br)cc2Cl)C1=O. The van der Waals surface area contributed by atoms with Crippen molar-refractivity contribution in [1.29, 1.82) is 0 Å². The third-order valence-corrected chi connectivity index (χ3v) is 3.90. The number of nitrogens with one attached hydrogen (secondary N) is 1. The van der Waals surface area contributed by atoms with Crippen LogP contribution in [0.1, 0.15) is 20.3 Å². The molecule has 1 fully saturated rings. The molecule has 1 aromatic carbocycles. The number of halogens is 2. The van der Waals surface area contributed by atoms with Gasteiger partial charge in [-0.15, -0.1) is 0 Å². The zero-order chi connectivity index (χ0) is 14.9. The fourth-order valence-corrected chi connectivity index (χ4v) is 3.02. The summed E-state index contributed by atoms with van der Waals surface area (Å²) >= 11 is 9.50. The second kappa shape index (κ2) is 6.14. The van der Waals surface area contributed by atoms with Crippen LogP contribution >= 0.6 is 27.5 Å². The number of benzene rings is 1. The van der Waals surface area contributed by atoms with Crippen molar-refractivity contribution in [3.05, 3.63) is 27.7 Å². The largest absolute Gasteiger partial charge is 0.343 e. The molecule has 1 unspecified atom stereocenters. The van der Waals surface area contributed by atoms with Crippen molar-refractivity contribution in [3.63, 3.8) is 0 Å². The number of rotatable bonds is 3. The van der Waals surface area contributed by atoms with Gasteiger partial charge in [-0.05, 0) is 30.5 Å². The molecule has 2 amide bonds. The first kappa shape index (κ1) is 15.3. The zero-order valence-electron chi connectivity index (χ0n) is 11.3. The molecule has 1 aromatic rings. The molecular formula is C14H16BrClN2O2. The van der Waals surface area contributed by atoms with Crippen molar-refractivity contribution in [2.24, 2.45) is 5.92 Å². The third-order valence-electron chi connectivity index (χ3n) is 3.11. The van der Waals surface area contributed by atoms with Crippen LogP contribution in [0.25, 0.3) is 0 Å². The van der Waals surface area contributed by atoms with Gasteiger partial charge in [-0.25, -0.2) is 0 Å². The maximum absolute atomic E-state index is 12.5. The molecule has 1 N–H and O–H groups in total. The number of carbonyl (C=O) groups is 2. The highest BCUT2D eigenvalue weighted by atomic mass is 79.9. The van der Waals surface area contributed by atoms with Gasteiger partial charge in [0.05, 0.1) is 10.7 Å². The van der Waals surface area contributed by atoms with E-state index in [9.17, 15) is 9.59 Å². The molecular weight excluding hydrogens is 344 g/mol. The Morgan fingerprint density at radius 1 is 1.45 bits per heavy atom. The van der Waals surface area contributed by atoms with Crippen LogP contribution in [-0.2, 0) is 9.59 Å². The van der Waals surface area contributed by atoms with E-state index in [0.717, 1.165) is 4.47 Å². The molecule has 0 spiro atoms. The molecule has 108 valence electrons. The van der Waals surface area contributed by atoms with Gasteiger partial charge >= 0.3 is 0 Å². The van der Waals surface area contributed by atoms with Crippen molar-refractivity contribution in [2.45, 2.75) is 26.3 Å². The van der Waals surface area contributed by atoms with Gasteiger partial charge in [0.2, 0.25) is 11.8 Å². The molecule has 1 saturated heterocycles. The maximum atomic E-state index is 12.5. The van der Waals surface area contributed by atoms with E-state index in [1.54, 1.807) is 18.2 Å². The van der Waals surface area contributed by atoms with Crippen molar-refractivity contribution >= 4 is 45.0 Å². The van der Waals surface area contributed by atoms with E-state index in [4.69, 9.17) is 11.6 Å². The number of anilines is 1. The quantitative estimate of drug-likeness (QED) is 0.902. The van der Waals surface area contributed by atoms with E-state index in [1.807, 2.05) is 13.8 Å². The lowest BCUT2D eigenvalue weighted by molar-refractivity contribution is -0.131. The number of nitrogens with zero attached hydrogens (tertiary/aromatic N) is 1. The molecule has 2 rings (SSSR count). The monoisotopic (exact) mass is 358 g/mol. The smallest absolute Gasteiger partial charge is 0.250 e. The van der Waals surface area contributed by atoms with E-state index >= 15 is 0 Å². The minimum atomic E-state index is -0.476. The van der Waals surface area contributed by atoms with Crippen molar-refractivity contribution in [3.8, 4) is 0 Å². The second-order valence-electron chi connectivity index (χ2n) is 5.27. The van der Waals surface area contributed by atoms with Gasteiger partial charge in [-0.1, -0.05) is 41.4 Å². The van der Waals surface area contributed by atoms with Crippen LogP contribution in [0.15, 0.2) is 22.7 Å². The lowest BCUT2D eigenvalue weighted by Gasteiger charge is -2.33. The maximum Gasteiger partial charge on any atom is 0.250 e. The fourth-order valence-electron chi connectivity index (χ4n) is 2.25. The summed E-state index contributed by atoms with van der Waals surface area (Å²) in [6.07, 6.45) is 0.620. The van der Waals surface area contributed by atoms with Gasteiger partial charge in [0, 0.05) is 4.47 Å².